The fraction of sp³-hybridized carbons (Fsp3) is 0.812. The van der Waals surface area contributed by atoms with E-state index in [1.807, 2.05) is 0 Å². The lowest BCUT2D eigenvalue weighted by molar-refractivity contribution is -0.147. The predicted octanol–water partition coefficient (Wildman–Crippen LogP) is 1.71. The number of thioether (sulfide) groups is 1. The molecule has 2 saturated heterocycles. The molecule has 2 atom stereocenters. The van der Waals surface area contributed by atoms with Crippen molar-refractivity contribution >= 4 is 29.7 Å². The fourth-order valence-corrected chi connectivity index (χ4v) is 3.78. The van der Waals surface area contributed by atoms with Gasteiger partial charge in [0, 0.05) is 18.8 Å². The first-order valence-corrected chi connectivity index (χ1v) is 9.41. The summed E-state index contributed by atoms with van der Waals surface area (Å²) in [5, 5.41) is 0. The van der Waals surface area contributed by atoms with E-state index in [-0.39, 0.29) is 31.4 Å². The molecule has 2 rings (SSSR count). The Hall–Kier alpha value is -1.44. The van der Waals surface area contributed by atoms with Crippen LogP contribution in [0.2, 0.25) is 0 Å². The molecule has 0 aromatic heterocycles. The second-order valence-electron chi connectivity index (χ2n) is 6.97. The summed E-state index contributed by atoms with van der Waals surface area (Å²) in [6.45, 7) is 8.18. The molecule has 0 bridgehead atoms. The number of carbonyl (C=O) groups excluding carboxylic acids is 3. The molecule has 2 aliphatic rings. The van der Waals surface area contributed by atoms with Crippen LogP contribution in [0.5, 0.6) is 0 Å². The van der Waals surface area contributed by atoms with Crippen molar-refractivity contribution in [2.24, 2.45) is 5.92 Å². The highest BCUT2D eigenvalue weighted by molar-refractivity contribution is 7.99. The van der Waals surface area contributed by atoms with Gasteiger partial charge in [0.2, 0.25) is 5.91 Å². The molecule has 8 heteroatoms. The predicted molar refractivity (Wildman–Crippen MR) is 90.5 cm³/mol. The van der Waals surface area contributed by atoms with Crippen LogP contribution in [0.4, 0.5) is 4.79 Å². The number of amides is 2. The van der Waals surface area contributed by atoms with Gasteiger partial charge in [0.25, 0.3) is 0 Å². The number of hydrogen-bond donors (Lipinski definition) is 0. The lowest BCUT2D eigenvalue weighted by Crippen LogP contribution is -2.48. The van der Waals surface area contributed by atoms with Gasteiger partial charge in [-0.2, -0.15) is 0 Å². The first kappa shape index (κ1) is 18.9. The molecule has 2 amide bonds. The van der Waals surface area contributed by atoms with Gasteiger partial charge in [-0.3, -0.25) is 14.5 Å². The highest BCUT2D eigenvalue weighted by Gasteiger charge is 2.46. The van der Waals surface area contributed by atoms with Crippen LogP contribution < -0.4 is 0 Å². The van der Waals surface area contributed by atoms with Crippen molar-refractivity contribution in [1.29, 1.82) is 0 Å². The van der Waals surface area contributed by atoms with Crippen LogP contribution in [0.25, 0.3) is 0 Å². The molecule has 0 N–H and O–H groups in total. The maximum Gasteiger partial charge on any atom is 0.410 e. The van der Waals surface area contributed by atoms with Gasteiger partial charge in [-0.05, 0) is 34.1 Å². The standard InChI is InChI=1S/C16H26N2O5S/c1-5-22-14(20)11-8-12(13(19)17-6-7-24-10-17)18(9-11)15(21)23-16(2,3)4/h11-12H,5-10H2,1-4H3/t11-,12-/m0/s1. The maximum absolute atomic E-state index is 12.8. The third kappa shape index (κ3) is 4.55. The number of esters is 1. The Balaban J connectivity index is 2.14. The Bertz CT molecular complexity index is 499. The number of ether oxygens (including phenoxy) is 2. The largest absolute Gasteiger partial charge is 0.466 e. The van der Waals surface area contributed by atoms with Gasteiger partial charge in [-0.25, -0.2) is 4.79 Å². The average Bonchev–Trinajstić information content (AvgIpc) is 3.15. The molecule has 0 aliphatic carbocycles. The van der Waals surface area contributed by atoms with E-state index in [0.29, 0.717) is 12.4 Å². The highest BCUT2D eigenvalue weighted by atomic mass is 32.2. The summed E-state index contributed by atoms with van der Waals surface area (Å²) in [5.41, 5.74) is -0.657. The van der Waals surface area contributed by atoms with Crippen LogP contribution in [-0.2, 0) is 19.1 Å². The molecule has 2 aliphatic heterocycles. The van der Waals surface area contributed by atoms with E-state index in [0.717, 1.165) is 5.75 Å². The molecule has 7 nitrogen and oxygen atoms in total. The van der Waals surface area contributed by atoms with Crippen molar-refractivity contribution in [2.75, 3.05) is 31.3 Å². The van der Waals surface area contributed by atoms with Crippen molar-refractivity contribution in [3.05, 3.63) is 0 Å². The number of nitrogens with zero attached hydrogens (tertiary/aromatic N) is 2. The second kappa shape index (κ2) is 7.63. The van der Waals surface area contributed by atoms with Crippen LogP contribution in [0, 0.1) is 5.92 Å². The van der Waals surface area contributed by atoms with Gasteiger partial charge >= 0.3 is 12.1 Å². The van der Waals surface area contributed by atoms with E-state index in [4.69, 9.17) is 9.47 Å². The molecular formula is C16H26N2O5S. The normalized spacial score (nSPS) is 24.2. The molecule has 0 unspecified atom stereocenters. The van der Waals surface area contributed by atoms with Crippen LogP contribution >= 0.6 is 11.8 Å². The molecule has 0 radical (unpaired) electrons. The Kier molecular flexibility index (Phi) is 6.01. The maximum atomic E-state index is 12.8. The molecule has 136 valence electrons. The van der Waals surface area contributed by atoms with Crippen LogP contribution in [0.1, 0.15) is 34.1 Å². The molecule has 0 aromatic carbocycles. The SMILES string of the molecule is CCOC(=O)[C@H]1C[C@@H](C(=O)N2CCSC2)N(C(=O)OC(C)(C)C)C1. The zero-order valence-corrected chi connectivity index (χ0v) is 15.6. The average molecular weight is 358 g/mol. The van der Waals surface area contributed by atoms with E-state index in [2.05, 4.69) is 0 Å². The summed E-state index contributed by atoms with van der Waals surface area (Å²) < 4.78 is 10.5. The van der Waals surface area contributed by atoms with Crippen LogP contribution in [0.3, 0.4) is 0 Å². The summed E-state index contributed by atoms with van der Waals surface area (Å²) >= 11 is 1.68. The van der Waals surface area contributed by atoms with Crippen molar-refractivity contribution in [1.82, 2.24) is 9.80 Å². The van der Waals surface area contributed by atoms with Crippen molar-refractivity contribution in [3.63, 3.8) is 0 Å². The van der Waals surface area contributed by atoms with Gasteiger partial charge < -0.3 is 14.4 Å². The monoisotopic (exact) mass is 358 g/mol. The number of rotatable bonds is 3. The smallest absolute Gasteiger partial charge is 0.410 e. The van der Waals surface area contributed by atoms with Crippen molar-refractivity contribution in [3.8, 4) is 0 Å². The van der Waals surface area contributed by atoms with E-state index in [1.54, 1.807) is 44.4 Å². The van der Waals surface area contributed by atoms with Crippen LogP contribution in [-0.4, -0.2) is 70.7 Å². The number of likely N-dealkylation sites (tertiary alicyclic amines) is 1. The van der Waals surface area contributed by atoms with Gasteiger partial charge in [0.15, 0.2) is 0 Å². The fourth-order valence-electron chi connectivity index (χ4n) is 2.82. The molecule has 2 fully saturated rings. The molecule has 2 heterocycles. The first-order chi connectivity index (χ1) is 11.2. The molecule has 24 heavy (non-hydrogen) atoms. The Morgan fingerprint density at radius 2 is 1.96 bits per heavy atom. The Morgan fingerprint density at radius 1 is 1.25 bits per heavy atom. The van der Waals surface area contributed by atoms with Gasteiger partial charge in [0.05, 0.1) is 18.4 Å². The van der Waals surface area contributed by atoms with Gasteiger partial charge in [-0.1, -0.05) is 0 Å². The minimum Gasteiger partial charge on any atom is -0.466 e. The highest BCUT2D eigenvalue weighted by Crippen LogP contribution is 2.29. The zero-order chi connectivity index (χ0) is 17.9. The number of carbonyl (C=O) groups is 3. The minimum atomic E-state index is -0.659. The topological polar surface area (TPSA) is 76.2 Å². The van der Waals surface area contributed by atoms with E-state index >= 15 is 0 Å². The van der Waals surface area contributed by atoms with Gasteiger partial charge in [0.1, 0.15) is 11.6 Å². The van der Waals surface area contributed by atoms with Crippen molar-refractivity contribution < 1.29 is 23.9 Å². The third-order valence-electron chi connectivity index (χ3n) is 3.90. The molecular weight excluding hydrogens is 332 g/mol. The lowest BCUT2D eigenvalue weighted by atomic mass is 10.1. The lowest BCUT2D eigenvalue weighted by Gasteiger charge is -2.29. The third-order valence-corrected chi connectivity index (χ3v) is 4.86. The minimum absolute atomic E-state index is 0.113. The van der Waals surface area contributed by atoms with E-state index in [9.17, 15) is 14.4 Å². The molecule has 0 aromatic rings. The summed E-state index contributed by atoms with van der Waals surface area (Å²) in [6.07, 6.45) is -0.266. The Morgan fingerprint density at radius 3 is 2.50 bits per heavy atom. The number of hydrogen-bond acceptors (Lipinski definition) is 6. The summed E-state index contributed by atoms with van der Waals surface area (Å²) in [7, 11) is 0. The Labute approximate surface area is 147 Å². The van der Waals surface area contributed by atoms with Gasteiger partial charge in [-0.15, -0.1) is 11.8 Å². The summed E-state index contributed by atoms with van der Waals surface area (Å²) in [4.78, 5) is 40.4. The summed E-state index contributed by atoms with van der Waals surface area (Å²) in [5.74, 6) is 0.560. The van der Waals surface area contributed by atoms with E-state index < -0.39 is 23.7 Å². The molecule has 0 saturated carbocycles. The zero-order valence-electron chi connectivity index (χ0n) is 14.7. The van der Waals surface area contributed by atoms with Crippen molar-refractivity contribution in [2.45, 2.75) is 45.8 Å². The quantitative estimate of drug-likeness (QED) is 0.715. The first-order valence-electron chi connectivity index (χ1n) is 8.25. The second-order valence-corrected chi connectivity index (χ2v) is 8.05. The van der Waals surface area contributed by atoms with Crippen LogP contribution in [0.15, 0.2) is 0 Å². The van der Waals surface area contributed by atoms with E-state index in [1.165, 1.54) is 4.90 Å². The molecule has 0 spiro atoms. The summed E-state index contributed by atoms with van der Waals surface area (Å²) in [6, 6.07) is -0.659.